The molecule has 0 unspecified atom stereocenters. The molecule has 0 aliphatic rings. The van der Waals surface area contributed by atoms with Crippen molar-refractivity contribution in [1.29, 1.82) is 0 Å². The molecule has 0 saturated carbocycles. The first kappa shape index (κ1) is 16.7. The molecule has 0 heterocycles. The summed E-state index contributed by atoms with van der Waals surface area (Å²) in [7, 11) is 0. The molecule has 0 rings (SSSR count). The lowest BCUT2D eigenvalue weighted by atomic mass is 10.2. The van der Waals surface area contributed by atoms with E-state index in [4.69, 9.17) is 0 Å². The fourth-order valence-electron chi connectivity index (χ4n) is 1.55. The molecule has 5 heteroatoms. The summed E-state index contributed by atoms with van der Waals surface area (Å²) >= 11 is 0. The van der Waals surface area contributed by atoms with Crippen molar-refractivity contribution in [3.8, 4) is 0 Å². The topological polar surface area (TPSA) is 61.4 Å². The maximum absolute atomic E-state index is 11.7. The van der Waals surface area contributed by atoms with E-state index in [1.54, 1.807) is 4.90 Å². The fraction of sp³-hybridized carbons (Fsp3) is 0.846. The van der Waals surface area contributed by atoms with Crippen molar-refractivity contribution in [2.45, 2.75) is 53.0 Å². The van der Waals surface area contributed by atoms with Crippen LogP contribution in [-0.2, 0) is 4.79 Å². The molecule has 0 aromatic heterocycles. The van der Waals surface area contributed by atoms with Crippen molar-refractivity contribution in [1.82, 2.24) is 15.5 Å². The van der Waals surface area contributed by atoms with E-state index in [1.807, 2.05) is 27.7 Å². The van der Waals surface area contributed by atoms with Gasteiger partial charge in [-0.05, 0) is 33.6 Å². The van der Waals surface area contributed by atoms with Gasteiger partial charge in [0.05, 0.1) is 0 Å². The Labute approximate surface area is 110 Å². The van der Waals surface area contributed by atoms with E-state index in [9.17, 15) is 9.59 Å². The van der Waals surface area contributed by atoms with Crippen molar-refractivity contribution < 1.29 is 9.59 Å². The van der Waals surface area contributed by atoms with Crippen LogP contribution in [0.1, 0.15) is 47.0 Å². The molecular formula is C13H27N3O2. The number of carbonyl (C=O) groups is 2. The third kappa shape index (κ3) is 7.14. The van der Waals surface area contributed by atoms with Gasteiger partial charge < -0.3 is 15.5 Å². The maximum atomic E-state index is 11.7. The van der Waals surface area contributed by atoms with Gasteiger partial charge in [0.15, 0.2) is 0 Å². The molecule has 1 atom stereocenters. The highest BCUT2D eigenvalue weighted by Gasteiger charge is 2.09. The lowest BCUT2D eigenvalue weighted by Gasteiger charge is -2.18. The molecule has 0 fully saturated rings. The quantitative estimate of drug-likeness (QED) is 0.651. The second-order valence-electron chi connectivity index (χ2n) is 4.38. The Balaban J connectivity index is 3.67. The van der Waals surface area contributed by atoms with E-state index in [0.717, 1.165) is 19.5 Å². The number of rotatable bonds is 8. The molecular weight excluding hydrogens is 230 g/mol. The molecule has 0 aromatic carbocycles. The first-order chi connectivity index (χ1) is 8.54. The molecule has 0 aromatic rings. The number of hydrogen-bond acceptors (Lipinski definition) is 2. The number of nitrogens with one attached hydrogen (secondary N) is 2. The van der Waals surface area contributed by atoms with Gasteiger partial charge in [0.2, 0.25) is 5.91 Å². The summed E-state index contributed by atoms with van der Waals surface area (Å²) in [4.78, 5) is 24.9. The molecule has 3 amide bonds. The van der Waals surface area contributed by atoms with Crippen LogP contribution in [0.5, 0.6) is 0 Å². The second kappa shape index (κ2) is 9.74. The van der Waals surface area contributed by atoms with Crippen LogP contribution in [0.15, 0.2) is 0 Å². The van der Waals surface area contributed by atoms with Gasteiger partial charge in [0.1, 0.15) is 0 Å². The Morgan fingerprint density at radius 1 is 1.17 bits per heavy atom. The highest BCUT2D eigenvalue weighted by Crippen LogP contribution is 1.97. The predicted octanol–water partition coefficient (Wildman–Crippen LogP) is 1.73. The molecule has 106 valence electrons. The van der Waals surface area contributed by atoms with Gasteiger partial charge in [-0.25, -0.2) is 4.79 Å². The van der Waals surface area contributed by atoms with Crippen LogP contribution in [0.2, 0.25) is 0 Å². The second-order valence-corrected chi connectivity index (χ2v) is 4.38. The van der Waals surface area contributed by atoms with Crippen LogP contribution in [0.3, 0.4) is 0 Å². The SMILES string of the molecule is CC[C@H](C)NC(=O)NCCCC(=O)N(CC)CC. The Hall–Kier alpha value is -1.26. The Kier molecular flexibility index (Phi) is 9.06. The molecule has 0 radical (unpaired) electrons. The van der Waals surface area contributed by atoms with E-state index >= 15 is 0 Å². The first-order valence-electron chi connectivity index (χ1n) is 6.87. The predicted molar refractivity (Wildman–Crippen MR) is 73.4 cm³/mol. The smallest absolute Gasteiger partial charge is 0.314 e. The summed E-state index contributed by atoms with van der Waals surface area (Å²) in [5.41, 5.74) is 0. The van der Waals surface area contributed by atoms with Gasteiger partial charge in [-0.2, -0.15) is 0 Å². The number of nitrogens with zero attached hydrogens (tertiary/aromatic N) is 1. The zero-order chi connectivity index (χ0) is 14.0. The summed E-state index contributed by atoms with van der Waals surface area (Å²) in [6.45, 7) is 9.96. The molecule has 0 bridgehead atoms. The minimum Gasteiger partial charge on any atom is -0.343 e. The van der Waals surface area contributed by atoms with E-state index in [-0.39, 0.29) is 18.0 Å². The normalized spacial score (nSPS) is 11.8. The molecule has 0 aliphatic carbocycles. The summed E-state index contributed by atoms with van der Waals surface area (Å²) in [5.74, 6) is 0.157. The minimum absolute atomic E-state index is 0.153. The van der Waals surface area contributed by atoms with Crippen LogP contribution < -0.4 is 10.6 Å². The first-order valence-corrected chi connectivity index (χ1v) is 6.87. The Morgan fingerprint density at radius 2 is 1.78 bits per heavy atom. The van der Waals surface area contributed by atoms with Crippen LogP contribution in [-0.4, -0.2) is 42.5 Å². The highest BCUT2D eigenvalue weighted by atomic mass is 16.2. The summed E-state index contributed by atoms with van der Waals surface area (Å²) in [6.07, 6.45) is 2.09. The zero-order valence-corrected chi connectivity index (χ0v) is 12.1. The highest BCUT2D eigenvalue weighted by molar-refractivity contribution is 5.76. The van der Waals surface area contributed by atoms with E-state index in [2.05, 4.69) is 10.6 Å². The van der Waals surface area contributed by atoms with Crippen molar-refractivity contribution in [2.75, 3.05) is 19.6 Å². The Morgan fingerprint density at radius 3 is 2.28 bits per heavy atom. The largest absolute Gasteiger partial charge is 0.343 e. The average Bonchev–Trinajstić information content (AvgIpc) is 2.36. The third-order valence-electron chi connectivity index (χ3n) is 2.96. The summed E-state index contributed by atoms with van der Waals surface area (Å²) in [6, 6.07) is 0.0296. The molecule has 0 spiro atoms. The third-order valence-corrected chi connectivity index (χ3v) is 2.96. The number of amides is 3. The van der Waals surface area contributed by atoms with E-state index in [1.165, 1.54) is 0 Å². The molecule has 0 aliphatic heterocycles. The Bertz CT molecular complexity index is 253. The number of hydrogen-bond donors (Lipinski definition) is 2. The fourth-order valence-corrected chi connectivity index (χ4v) is 1.55. The maximum Gasteiger partial charge on any atom is 0.314 e. The lowest BCUT2D eigenvalue weighted by molar-refractivity contribution is -0.130. The zero-order valence-electron chi connectivity index (χ0n) is 12.1. The molecule has 18 heavy (non-hydrogen) atoms. The van der Waals surface area contributed by atoms with Crippen molar-refractivity contribution >= 4 is 11.9 Å². The van der Waals surface area contributed by atoms with Crippen LogP contribution in [0.25, 0.3) is 0 Å². The molecule has 2 N–H and O–H groups in total. The van der Waals surface area contributed by atoms with Gasteiger partial charge >= 0.3 is 6.03 Å². The molecule has 0 saturated heterocycles. The number of urea groups is 1. The van der Waals surface area contributed by atoms with Crippen LogP contribution in [0.4, 0.5) is 4.79 Å². The van der Waals surface area contributed by atoms with Gasteiger partial charge in [0.25, 0.3) is 0 Å². The monoisotopic (exact) mass is 257 g/mol. The van der Waals surface area contributed by atoms with Crippen LogP contribution in [0, 0.1) is 0 Å². The minimum atomic E-state index is -0.153. The summed E-state index contributed by atoms with van der Waals surface area (Å²) in [5, 5.41) is 5.57. The summed E-state index contributed by atoms with van der Waals surface area (Å²) < 4.78 is 0. The van der Waals surface area contributed by atoms with Crippen LogP contribution >= 0.6 is 0 Å². The lowest BCUT2D eigenvalue weighted by Crippen LogP contribution is -2.41. The van der Waals surface area contributed by atoms with E-state index in [0.29, 0.717) is 19.4 Å². The van der Waals surface area contributed by atoms with Crippen molar-refractivity contribution in [2.24, 2.45) is 0 Å². The molecule has 5 nitrogen and oxygen atoms in total. The van der Waals surface area contributed by atoms with Crippen molar-refractivity contribution in [3.05, 3.63) is 0 Å². The van der Waals surface area contributed by atoms with E-state index < -0.39 is 0 Å². The number of carbonyl (C=O) groups excluding carboxylic acids is 2. The van der Waals surface area contributed by atoms with Crippen molar-refractivity contribution in [3.63, 3.8) is 0 Å². The van der Waals surface area contributed by atoms with Gasteiger partial charge in [-0.1, -0.05) is 6.92 Å². The van der Waals surface area contributed by atoms with Gasteiger partial charge in [0, 0.05) is 32.1 Å². The standard InChI is InChI=1S/C13H27N3O2/c1-5-11(4)15-13(18)14-10-8-9-12(17)16(6-2)7-3/h11H,5-10H2,1-4H3,(H2,14,15,18)/t11-/m0/s1. The van der Waals surface area contributed by atoms with Gasteiger partial charge in [-0.15, -0.1) is 0 Å². The average molecular weight is 257 g/mol. The van der Waals surface area contributed by atoms with Gasteiger partial charge in [-0.3, -0.25) is 4.79 Å².